The second-order valence-corrected chi connectivity index (χ2v) is 3.81. The van der Waals surface area contributed by atoms with Gasteiger partial charge in [0.25, 0.3) is 0 Å². The maximum absolute atomic E-state index is 2.20. The number of hydrogen-bond donors (Lipinski definition) is 0. The maximum Gasteiger partial charge on any atom is 0 e. The van der Waals surface area contributed by atoms with Gasteiger partial charge in [0.2, 0.25) is 0 Å². The molecule has 0 aromatic heterocycles. The molecule has 0 amide bonds. The van der Waals surface area contributed by atoms with Gasteiger partial charge in [-0.15, -0.1) is 0 Å². The van der Waals surface area contributed by atoms with Crippen molar-refractivity contribution >= 4 is 0 Å². The fourth-order valence-electron chi connectivity index (χ4n) is 1.25. The van der Waals surface area contributed by atoms with Gasteiger partial charge in [0.15, 0.2) is 0 Å². The third-order valence-electron chi connectivity index (χ3n) is 2.13. The molecule has 0 saturated heterocycles. The van der Waals surface area contributed by atoms with E-state index in [0.717, 1.165) is 6.54 Å². The van der Waals surface area contributed by atoms with Crippen molar-refractivity contribution in [1.82, 2.24) is 4.90 Å². The van der Waals surface area contributed by atoms with Crippen molar-refractivity contribution < 1.29 is 17.1 Å². The van der Waals surface area contributed by atoms with Crippen LogP contribution in [-0.2, 0) is 23.5 Å². The molecule has 0 heterocycles. The quantitative estimate of drug-likeness (QED) is 0.603. The molecular weight excluding hydrogens is 238 g/mol. The minimum absolute atomic E-state index is 0. The van der Waals surface area contributed by atoms with E-state index in [-0.39, 0.29) is 17.1 Å². The Hall–Kier alpha value is -0.821. The first-order valence-electron chi connectivity index (χ1n) is 5.31. The normalized spacial score (nSPS) is 9.19. The van der Waals surface area contributed by atoms with Gasteiger partial charge in [0.05, 0.1) is 0 Å². The van der Waals surface area contributed by atoms with Crippen LogP contribution < -0.4 is 0 Å². The molecule has 16 heavy (non-hydrogen) atoms. The third kappa shape index (κ3) is 7.47. The van der Waals surface area contributed by atoms with Gasteiger partial charge in [0.1, 0.15) is 0 Å². The van der Waals surface area contributed by atoms with Crippen LogP contribution in [0.25, 0.3) is 0 Å². The maximum atomic E-state index is 2.20. The van der Waals surface area contributed by atoms with E-state index in [2.05, 4.69) is 43.3 Å². The van der Waals surface area contributed by atoms with Crippen LogP contribution in [0.2, 0.25) is 0 Å². The molecule has 2 heteroatoms. The Morgan fingerprint density at radius 3 is 1.75 bits per heavy atom. The zero-order chi connectivity index (χ0) is 10.9. The van der Waals surface area contributed by atoms with Gasteiger partial charge in [-0.05, 0) is 20.6 Å². The zero-order valence-corrected chi connectivity index (χ0v) is 11.0. The van der Waals surface area contributed by atoms with Gasteiger partial charge in [-0.2, -0.15) is 17.7 Å². The number of nitrogens with zero attached hydrogens (tertiary/aromatic N) is 1. The second-order valence-electron chi connectivity index (χ2n) is 3.81. The topological polar surface area (TPSA) is 3.24 Å². The van der Waals surface area contributed by atoms with Gasteiger partial charge in [0, 0.05) is 17.1 Å². The molecule has 0 radical (unpaired) electrons. The van der Waals surface area contributed by atoms with Crippen molar-refractivity contribution in [2.75, 3.05) is 20.6 Å². The summed E-state index contributed by atoms with van der Waals surface area (Å²) in [6.07, 6.45) is 1.17. The second kappa shape index (κ2) is 9.41. The van der Waals surface area contributed by atoms with E-state index in [1.807, 2.05) is 30.3 Å². The van der Waals surface area contributed by atoms with Crippen molar-refractivity contribution in [3.05, 3.63) is 60.2 Å². The Morgan fingerprint density at radius 1 is 0.938 bits per heavy atom. The summed E-state index contributed by atoms with van der Waals surface area (Å²) in [7, 11) is 4.20. The molecule has 1 nitrogen and oxygen atoms in total. The van der Waals surface area contributed by atoms with Gasteiger partial charge in [-0.3, -0.25) is 0 Å². The molecule has 0 aliphatic rings. The van der Waals surface area contributed by atoms with E-state index < -0.39 is 0 Å². The third-order valence-corrected chi connectivity index (χ3v) is 2.13. The Balaban J connectivity index is 0.000000318. The Kier molecular flexibility index (Phi) is 8.93. The molecule has 0 fully saturated rings. The molecule has 0 saturated carbocycles. The van der Waals surface area contributed by atoms with Crippen LogP contribution in [0.5, 0.6) is 0 Å². The summed E-state index contributed by atoms with van der Waals surface area (Å²) in [5.41, 5.74) is 1.44. The monoisotopic (exact) mass is 257 g/mol. The molecular formula is C14H19FeN-6. The first kappa shape index (κ1) is 15.2. The van der Waals surface area contributed by atoms with E-state index >= 15 is 0 Å². The van der Waals surface area contributed by atoms with Gasteiger partial charge < -0.3 is 35.2 Å². The molecule has 94 valence electrons. The number of likely N-dealkylation sites (N-methyl/N-ethyl adjacent to an activating group) is 1. The minimum Gasteiger partial charge on any atom is -0.748 e. The van der Waals surface area contributed by atoms with Crippen molar-refractivity contribution in [1.29, 1.82) is 0 Å². The standard InChI is InChI=1S/C9H14N.C5H5.Fe/c1-10(2)8-7-9-5-3-4-6-9;1-2-4-5-3-1;/h3-6H,7-8H2,1-2H3;1-5H;/q-1;-5;. The van der Waals surface area contributed by atoms with Crippen LogP contribution in [0.4, 0.5) is 0 Å². The van der Waals surface area contributed by atoms with Crippen molar-refractivity contribution in [3.8, 4) is 0 Å². The first-order chi connectivity index (χ1) is 7.29. The molecule has 0 aliphatic heterocycles. The van der Waals surface area contributed by atoms with E-state index in [4.69, 9.17) is 0 Å². The summed E-state index contributed by atoms with van der Waals surface area (Å²) in [5.74, 6) is 0. The zero-order valence-electron chi connectivity index (χ0n) is 9.91. The predicted molar refractivity (Wildman–Crippen MR) is 66.3 cm³/mol. The fraction of sp³-hybridized carbons (Fsp3) is 0.286. The van der Waals surface area contributed by atoms with Gasteiger partial charge in [-0.25, -0.2) is 12.1 Å². The van der Waals surface area contributed by atoms with Crippen LogP contribution in [-0.4, -0.2) is 25.5 Å². The van der Waals surface area contributed by atoms with Crippen molar-refractivity contribution in [3.63, 3.8) is 0 Å². The summed E-state index contributed by atoms with van der Waals surface area (Å²) in [5, 5.41) is 0. The molecule has 0 aliphatic carbocycles. The van der Waals surface area contributed by atoms with Gasteiger partial charge in [-0.1, -0.05) is 6.42 Å². The summed E-state index contributed by atoms with van der Waals surface area (Å²) in [6.45, 7) is 1.14. The molecule has 2 rings (SSSR count). The molecule has 0 spiro atoms. The van der Waals surface area contributed by atoms with Crippen LogP contribution in [0.15, 0.2) is 54.6 Å². The Morgan fingerprint density at radius 2 is 1.38 bits per heavy atom. The molecule has 0 N–H and O–H groups in total. The van der Waals surface area contributed by atoms with Crippen molar-refractivity contribution in [2.24, 2.45) is 0 Å². The number of hydrogen-bond acceptors (Lipinski definition) is 1. The van der Waals surface area contributed by atoms with Gasteiger partial charge >= 0.3 is 0 Å². The molecule has 0 unspecified atom stereocenters. The smallest absolute Gasteiger partial charge is 0 e. The van der Waals surface area contributed by atoms with Crippen molar-refractivity contribution in [2.45, 2.75) is 6.42 Å². The molecule has 0 atom stereocenters. The summed E-state index contributed by atoms with van der Waals surface area (Å²) in [4.78, 5) is 2.20. The average Bonchev–Trinajstić information content (AvgIpc) is 2.91. The summed E-state index contributed by atoms with van der Waals surface area (Å²) < 4.78 is 0. The van der Waals surface area contributed by atoms with E-state index in [1.165, 1.54) is 12.0 Å². The van der Waals surface area contributed by atoms with Crippen LogP contribution in [0, 0.1) is 0 Å². The van der Waals surface area contributed by atoms with Crippen LogP contribution in [0.1, 0.15) is 5.56 Å². The largest absolute Gasteiger partial charge is 0.748 e. The Bertz CT molecular complexity index is 291. The van der Waals surface area contributed by atoms with E-state index in [9.17, 15) is 0 Å². The van der Waals surface area contributed by atoms with Crippen LogP contribution in [0.3, 0.4) is 0 Å². The fourth-order valence-corrected chi connectivity index (χ4v) is 1.25. The van der Waals surface area contributed by atoms with E-state index in [0.29, 0.717) is 0 Å². The minimum atomic E-state index is 0. The summed E-state index contributed by atoms with van der Waals surface area (Å²) in [6, 6.07) is 18.5. The SMILES string of the molecule is CN(C)CC[c-]1cccc1.[Fe].[cH-]1[cH-][cH-][cH-][cH-]1. The molecule has 0 bridgehead atoms. The number of rotatable bonds is 3. The Labute approximate surface area is 109 Å². The van der Waals surface area contributed by atoms with E-state index in [1.54, 1.807) is 0 Å². The predicted octanol–water partition coefficient (Wildman–Crippen LogP) is 2.91. The first-order valence-corrected chi connectivity index (χ1v) is 5.31. The average molecular weight is 257 g/mol. The summed E-state index contributed by atoms with van der Waals surface area (Å²) >= 11 is 0. The molecule has 2 aromatic rings. The molecule has 2 aromatic carbocycles. The van der Waals surface area contributed by atoms with Crippen LogP contribution >= 0.6 is 0 Å².